The highest BCUT2D eigenvalue weighted by molar-refractivity contribution is 7.71. The zero-order valence-corrected chi connectivity index (χ0v) is 24.8. The quantitative estimate of drug-likeness (QED) is 0.176. The molecule has 0 bridgehead atoms. The van der Waals surface area contributed by atoms with Crippen LogP contribution in [0.3, 0.4) is 0 Å². The first kappa shape index (κ1) is 27.2. The van der Waals surface area contributed by atoms with Crippen molar-refractivity contribution in [2.45, 2.75) is 38.5 Å². The number of hydrogen-bond acceptors (Lipinski definition) is 6. The molecule has 1 atom stereocenters. The Labute approximate surface area is 241 Å². The molecule has 212 valence electrons. The standard InChI is InChI=1S/C31H35N6O3P/c1-31(2)25-15-9-10-16-27(25)34(3)30(31)29-22-32-36(23-13-7-5-8-14-23)41(29,35-19-11-6-12-20-35)33-26-21-24(37(38)39)17-18-28(26)40-4/h5,7-10,13-18,21-22H,6,11-12,19-20H2,1-4H3/b30-29-. The number of nitro groups is 1. The van der Waals surface area contributed by atoms with E-state index in [2.05, 4.69) is 71.6 Å². The van der Waals surface area contributed by atoms with Crippen LogP contribution in [-0.4, -0.2) is 43.1 Å². The summed E-state index contributed by atoms with van der Waals surface area (Å²) >= 11 is 0. The molecular formula is C31H35N6O3P. The van der Waals surface area contributed by atoms with Gasteiger partial charge in [0.05, 0.1) is 29.2 Å². The molecule has 3 aromatic rings. The molecule has 1 saturated heterocycles. The molecule has 0 aliphatic carbocycles. The van der Waals surface area contributed by atoms with Gasteiger partial charge in [-0.15, -0.1) is 0 Å². The van der Waals surface area contributed by atoms with E-state index in [-0.39, 0.29) is 16.0 Å². The largest absolute Gasteiger partial charge is 0.494 e. The van der Waals surface area contributed by atoms with E-state index in [1.165, 1.54) is 17.7 Å². The molecule has 0 N–H and O–H groups in total. The van der Waals surface area contributed by atoms with Gasteiger partial charge in [0, 0.05) is 49.1 Å². The van der Waals surface area contributed by atoms with Crippen molar-refractivity contribution in [3.05, 3.63) is 99.5 Å². The Morgan fingerprint density at radius 2 is 1.71 bits per heavy atom. The molecule has 0 saturated carbocycles. The first-order valence-electron chi connectivity index (χ1n) is 14.0. The van der Waals surface area contributed by atoms with Crippen LogP contribution in [0.1, 0.15) is 38.7 Å². The lowest BCUT2D eigenvalue weighted by Crippen LogP contribution is -2.34. The Bertz CT molecular complexity index is 1610. The number of benzene rings is 3. The third-order valence-corrected chi connectivity index (χ3v) is 11.8. The van der Waals surface area contributed by atoms with Crippen LogP contribution in [0.2, 0.25) is 0 Å². The van der Waals surface area contributed by atoms with E-state index in [1.54, 1.807) is 13.2 Å². The molecule has 1 fully saturated rings. The summed E-state index contributed by atoms with van der Waals surface area (Å²) in [6.45, 7) is 6.23. The van der Waals surface area contributed by atoms with Crippen molar-refractivity contribution in [3.63, 3.8) is 0 Å². The third-order valence-electron chi connectivity index (χ3n) is 8.32. The summed E-state index contributed by atoms with van der Waals surface area (Å²) in [6, 6.07) is 23.3. The predicted molar refractivity (Wildman–Crippen MR) is 166 cm³/mol. The molecule has 0 spiro atoms. The van der Waals surface area contributed by atoms with E-state index in [4.69, 9.17) is 14.6 Å². The number of ether oxygens (including phenoxy) is 1. The molecule has 0 radical (unpaired) electrons. The number of hydrazone groups is 1. The van der Waals surface area contributed by atoms with Gasteiger partial charge in [0.2, 0.25) is 0 Å². The van der Waals surface area contributed by atoms with E-state index in [1.807, 2.05) is 24.4 Å². The van der Waals surface area contributed by atoms with Crippen molar-refractivity contribution in [2.24, 2.45) is 9.85 Å². The van der Waals surface area contributed by atoms with Gasteiger partial charge in [-0.25, -0.2) is 14.2 Å². The zero-order valence-electron chi connectivity index (χ0n) is 23.9. The topological polar surface area (TPSA) is 86.8 Å². The lowest BCUT2D eigenvalue weighted by atomic mass is 9.84. The van der Waals surface area contributed by atoms with Crippen molar-refractivity contribution in [3.8, 4) is 5.75 Å². The van der Waals surface area contributed by atoms with Crippen molar-refractivity contribution in [2.75, 3.05) is 36.9 Å². The van der Waals surface area contributed by atoms with Crippen LogP contribution in [0.15, 0.2) is 93.7 Å². The van der Waals surface area contributed by atoms with Gasteiger partial charge >= 0.3 is 0 Å². The van der Waals surface area contributed by atoms with E-state index < -0.39 is 7.36 Å². The molecule has 9 nitrogen and oxygen atoms in total. The van der Waals surface area contributed by atoms with Crippen LogP contribution in [0.4, 0.5) is 22.7 Å². The first-order valence-corrected chi connectivity index (χ1v) is 15.6. The lowest BCUT2D eigenvalue weighted by molar-refractivity contribution is -0.384. The SMILES string of the molecule is COc1ccc([N+](=O)[O-])cc1N=P1(N2CCCCC2)/C(=C2\N(C)c3ccccc3C2(C)C)C=NN1c1ccccc1. The van der Waals surface area contributed by atoms with Gasteiger partial charge in [0.25, 0.3) is 5.69 Å². The maximum Gasteiger partial charge on any atom is 0.271 e. The number of hydrogen-bond donors (Lipinski definition) is 0. The molecule has 0 amide bonds. The lowest BCUT2D eigenvalue weighted by Gasteiger charge is -2.43. The summed E-state index contributed by atoms with van der Waals surface area (Å²) < 4.78 is 15.9. The van der Waals surface area contributed by atoms with Crippen LogP contribution in [0, 0.1) is 10.1 Å². The number of nitro benzene ring substituents is 1. The second kappa shape index (κ2) is 10.5. The van der Waals surface area contributed by atoms with Gasteiger partial charge in [0.15, 0.2) is 7.36 Å². The number of anilines is 2. The summed E-state index contributed by atoms with van der Waals surface area (Å²) in [5.74, 6) is 0.499. The monoisotopic (exact) mass is 570 g/mol. The molecule has 3 aliphatic rings. The third kappa shape index (κ3) is 4.35. The van der Waals surface area contributed by atoms with Crippen molar-refractivity contribution < 1.29 is 9.66 Å². The number of piperidine rings is 1. The van der Waals surface area contributed by atoms with E-state index >= 15 is 0 Å². The first-order chi connectivity index (χ1) is 19.8. The molecule has 6 rings (SSSR count). The number of para-hydroxylation sites is 2. The summed E-state index contributed by atoms with van der Waals surface area (Å²) in [5, 5.41) is 18.0. The highest BCUT2D eigenvalue weighted by Gasteiger charge is 2.50. The molecule has 0 aromatic heterocycles. The normalized spacial score (nSPS) is 23.5. The number of likely N-dealkylation sites (N-methyl/N-ethyl adjacent to an activating group) is 1. The molecule has 41 heavy (non-hydrogen) atoms. The van der Waals surface area contributed by atoms with E-state index in [0.29, 0.717) is 11.4 Å². The molecular weight excluding hydrogens is 535 g/mol. The van der Waals surface area contributed by atoms with Gasteiger partial charge in [-0.2, -0.15) is 5.10 Å². The summed E-state index contributed by atoms with van der Waals surface area (Å²) in [4.78, 5) is 13.8. The number of rotatable bonds is 5. The second-order valence-corrected chi connectivity index (χ2v) is 13.9. The van der Waals surface area contributed by atoms with Gasteiger partial charge in [-0.05, 0) is 42.7 Å². The average Bonchev–Trinajstić information content (AvgIpc) is 3.45. The number of fused-ring (bicyclic) bond motifs is 1. The van der Waals surface area contributed by atoms with Crippen LogP contribution < -0.4 is 14.4 Å². The minimum Gasteiger partial charge on any atom is -0.494 e. The Balaban J connectivity index is 1.73. The van der Waals surface area contributed by atoms with Gasteiger partial charge in [0.1, 0.15) is 11.4 Å². The molecule has 3 aliphatic heterocycles. The average molecular weight is 571 g/mol. The van der Waals surface area contributed by atoms with Crippen LogP contribution in [-0.2, 0) is 5.41 Å². The van der Waals surface area contributed by atoms with E-state index in [9.17, 15) is 10.1 Å². The number of methoxy groups -OCH3 is 1. The number of allylic oxidation sites excluding steroid dienone is 2. The summed E-state index contributed by atoms with van der Waals surface area (Å²) in [5.41, 5.74) is 4.62. The second-order valence-electron chi connectivity index (χ2n) is 11.1. The van der Waals surface area contributed by atoms with Gasteiger partial charge in [-0.1, -0.05) is 56.7 Å². The van der Waals surface area contributed by atoms with Crippen molar-refractivity contribution in [1.82, 2.24) is 4.67 Å². The summed E-state index contributed by atoms with van der Waals surface area (Å²) in [7, 11) is 0.832. The van der Waals surface area contributed by atoms with Crippen LogP contribution in [0.25, 0.3) is 0 Å². The molecule has 3 aromatic carbocycles. The number of non-ortho nitro benzene ring substituents is 1. The predicted octanol–water partition coefficient (Wildman–Crippen LogP) is 7.90. The fourth-order valence-corrected chi connectivity index (χ4v) is 10.4. The van der Waals surface area contributed by atoms with Crippen LogP contribution >= 0.6 is 7.36 Å². The Morgan fingerprint density at radius 3 is 2.39 bits per heavy atom. The highest BCUT2D eigenvalue weighted by atomic mass is 31.2. The Kier molecular flexibility index (Phi) is 6.96. The van der Waals surface area contributed by atoms with Crippen LogP contribution in [0.5, 0.6) is 5.75 Å². The molecule has 3 heterocycles. The van der Waals surface area contributed by atoms with Crippen molar-refractivity contribution in [1.29, 1.82) is 0 Å². The minimum absolute atomic E-state index is 0.0207. The maximum atomic E-state index is 11.9. The summed E-state index contributed by atoms with van der Waals surface area (Å²) in [6.07, 6.45) is 5.25. The van der Waals surface area contributed by atoms with E-state index in [0.717, 1.165) is 54.7 Å². The fraction of sp³-hybridized carbons (Fsp3) is 0.323. The Hall–Kier alpha value is -3.94. The number of nitrogens with zero attached hydrogens (tertiary/aromatic N) is 6. The van der Waals surface area contributed by atoms with Gasteiger partial charge < -0.3 is 9.64 Å². The van der Waals surface area contributed by atoms with Gasteiger partial charge in [-0.3, -0.25) is 10.1 Å². The minimum atomic E-state index is -2.87. The smallest absolute Gasteiger partial charge is 0.271 e. The zero-order chi connectivity index (χ0) is 28.8. The van der Waals surface area contributed by atoms with Crippen molar-refractivity contribution >= 4 is 36.3 Å². The maximum absolute atomic E-state index is 11.9. The highest BCUT2D eigenvalue weighted by Crippen LogP contribution is 2.71. The Morgan fingerprint density at radius 1 is 1.00 bits per heavy atom. The molecule has 10 heteroatoms. The fourth-order valence-electron chi connectivity index (χ4n) is 6.42. The molecule has 1 unspecified atom stereocenters.